The van der Waals surface area contributed by atoms with Crippen LogP contribution in [0.25, 0.3) is 0 Å². The summed E-state index contributed by atoms with van der Waals surface area (Å²) in [5.41, 5.74) is 5.43. The number of carbonyl (C=O) groups is 1. The van der Waals surface area contributed by atoms with Crippen LogP contribution in [-0.4, -0.2) is 18.0 Å². The Hall–Kier alpha value is -0.570. The molecule has 4 saturated carbocycles. The van der Waals surface area contributed by atoms with E-state index in [1.165, 1.54) is 32.1 Å². The van der Waals surface area contributed by atoms with Gasteiger partial charge < -0.3 is 11.1 Å². The fourth-order valence-electron chi connectivity index (χ4n) is 5.04. The summed E-state index contributed by atoms with van der Waals surface area (Å²) in [6.45, 7) is 3.07. The Kier molecular flexibility index (Phi) is 2.69. The topological polar surface area (TPSA) is 55.1 Å². The highest BCUT2D eigenvalue weighted by Crippen LogP contribution is 2.58. The number of hydrogen-bond acceptors (Lipinski definition) is 2. The summed E-state index contributed by atoms with van der Waals surface area (Å²) in [4.78, 5) is 12.1. The molecular weight excluding hydrogens is 212 g/mol. The fraction of sp³-hybridized carbons (Fsp3) is 0.929. The molecule has 0 radical (unpaired) electrons. The van der Waals surface area contributed by atoms with Crippen molar-refractivity contribution in [3.05, 3.63) is 0 Å². The van der Waals surface area contributed by atoms with Crippen molar-refractivity contribution in [2.45, 2.75) is 51.0 Å². The van der Waals surface area contributed by atoms with E-state index in [9.17, 15) is 4.79 Å². The molecule has 0 aromatic rings. The van der Waals surface area contributed by atoms with E-state index in [0.29, 0.717) is 11.8 Å². The van der Waals surface area contributed by atoms with Crippen LogP contribution in [0.5, 0.6) is 0 Å². The van der Waals surface area contributed by atoms with Gasteiger partial charge in [-0.2, -0.15) is 0 Å². The van der Waals surface area contributed by atoms with E-state index >= 15 is 0 Å². The molecule has 3 nitrogen and oxygen atoms in total. The molecular formula is C14H24N2O. The Morgan fingerprint density at radius 3 is 2.12 bits per heavy atom. The molecule has 96 valence electrons. The maximum atomic E-state index is 12.1. The van der Waals surface area contributed by atoms with Crippen molar-refractivity contribution in [3.63, 3.8) is 0 Å². The summed E-state index contributed by atoms with van der Waals surface area (Å²) in [7, 11) is 0. The van der Waals surface area contributed by atoms with Crippen LogP contribution in [0.3, 0.4) is 0 Å². The van der Waals surface area contributed by atoms with Gasteiger partial charge in [0, 0.05) is 0 Å². The van der Waals surface area contributed by atoms with E-state index in [-0.39, 0.29) is 11.4 Å². The largest absolute Gasteiger partial charge is 0.368 e. The Labute approximate surface area is 104 Å². The molecule has 0 heterocycles. The first-order valence-corrected chi connectivity index (χ1v) is 7.21. The van der Waals surface area contributed by atoms with Crippen molar-refractivity contribution in [1.29, 1.82) is 0 Å². The zero-order valence-electron chi connectivity index (χ0n) is 10.7. The third-order valence-corrected chi connectivity index (χ3v) is 5.50. The van der Waals surface area contributed by atoms with Gasteiger partial charge in [0.1, 0.15) is 5.54 Å². The highest BCUT2D eigenvalue weighted by Gasteiger charge is 2.59. The van der Waals surface area contributed by atoms with Gasteiger partial charge in [-0.15, -0.1) is 0 Å². The molecule has 4 rings (SSSR count). The molecule has 0 atom stereocenters. The van der Waals surface area contributed by atoms with E-state index in [1.807, 2.05) is 0 Å². The van der Waals surface area contributed by atoms with Crippen LogP contribution in [0.4, 0.5) is 0 Å². The number of amides is 1. The molecule has 1 amide bonds. The first-order valence-electron chi connectivity index (χ1n) is 7.21. The van der Waals surface area contributed by atoms with Crippen molar-refractivity contribution in [3.8, 4) is 0 Å². The minimum Gasteiger partial charge on any atom is -0.368 e. The van der Waals surface area contributed by atoms with Crippen molar-refractivity contribution >= 4 is 5.91 Å². The lowest BCUT2D eigenvalue weighted by atomic mass is 9.48. The summed E-state index contributed by atoms with van der Waals surface area (Å²) in [6, 6.07) is 0. The minimum atomic E-state index is -0.358. The van der Waals surface area contributed by atoms with Gasteiger partial charge in [-0.05, 0) is 68.7 Å². The molecule has 0 saturated heterocycles. The number of nitrogens with one attached hydrogen (secondary N) is 1. The molecule has 3 N–H and O–H groups in total. The predicted molar refractivity (Wildman–Crippen MR) is 67.3 cm³/mol. The first-order chi connectivity index (χ1) is 8.16. The van der Waals surface area contributed by atoms with Gasteiger partial charge in [-0.25, -0.2) is 0 Å². The summed E-state index contributed by atoms with van der Waals surface area (Å²) < 4.78 is 0. The van der Waals surface area contributed by atoms with Gasteiger partial charge in [0.2, 0.25) is 5.91 Å². The normalized spacial score (nSPS) is 47.4. The third-order valence-electron chi connectivity index (χ3n) is 5.50. The number of rotatable bonds is 4. The van der Waals surface area contributed by atoms with Crippen LogP contribution in [0.1, 0.15) is 45.4 Å². The van der Waals surface area contributed by atoms with Gasteiger partial charge >= 0.3 is 0 Å². The van der Waals surface area contributed by atoms with Gasteiger partial charge in [-0.1, -0.05) is 6.92 Å². The van der Waals surface area contributed by atoms with Crippen molar-refractivity contribution < 1.29 is 4.79 Å². The standard InChI is InChI=1S/C14H24N2O/c1-2-3-16-14(13(15)17)11-5-9-4-10(7-11)8-12(14)6-9/h9-12,16H,2-8H2,1H3,(H2,15,17). The summed E-state index contributed by atoms with van der Waals surface area (Å²) in [5, 5.41) is 3.55. The molecule has 0 unspecified atom stereocenters. The Bertz CT molecular complexity index is 298. The Balaban J connectivity index is 1.90. The average molecular weight is 236 g/mol. The van der Waals surface area contributed by atoms with Crippen LogP contribution in [0, 0.1) is 23.7 Å². The predicted octanol–water partition coefficient (Wildman–Crippen LogP) is 1.67. The maximum absolute atomic E-state index is 12.1. The maximum Gasteiger partial charge on any atom is 0.238 e. The molecule has 4 bridgehead atoms. The fourth-order valence-corrected chi connectivity index (χ4v) is 5.04. The number of carbonyl (C=O) groups excluding carboxylic acids is 1. The van der Waals surface area contributed by atoms with Crippen LogP contribution in [-0.2, 0) is 4.79 Å². The van der Waals surface area contributed by atoms with Crippen LogP contribution >= 0.6 is 0 Å². The molecule has 4 aliphatic carbocycles. The monoisotopic (exact) mass is 236 g/mol. The molecule has 0 spiro atoms. The number of hydrogen-bond donors (Lipinski definition) is 2. The molecule has 4 fully saturated rings. The smallest absolute Gasteiger partial charge is 0.238 e. The highest BCUT2D eigenvalue weighted by atomic mass is 16.1. The second kappa shape index (κ2) is 3.98. The minimum absolute atomic E-state index is 0.0836. The summed E-state index contributed by atoms with van der Waals surface area (Å²) in [6.07, 6.45) is 7.40. The lowest BCUT2D eigenvalue weighted by Crippen LogP contribution is -2.70. The molecule has 4 aliphatic rings. The summed E-state index contributed by atoms with van der Waals surface area (Å²) in [5.74, 6) is 2.71. The van der Waals surface area contributed by atoms with E-state index in [1.54, 1.807) is 0 Å². The number of primary amides is 1. The second-order valence-corrected chi connectivity index (χ2v) is 6.46. The molecule has 0 aromatic heterocycles. The zero-order chi connectivity index (χ0) is 12.0. The van der Waals surface area contributed by atoms with Crippen molar-refractivity contribution in [1.82, 2.24) is 5.32 Å². The van der Waals surface area contributed by atoms with E-state index in [4.69, 9.17) is 5.73 Å². The van der Waals surface area contributed by atoms with Gasteiger partial charge in [0.05, 0.1) is 0 Å². The van der Waals surface area contributed by atoms with Gasteiger partial charge in [0.15, 0.2) is 0 Å². The van der Waals surface area contributed by atoms with E-state index in [2.05, 4.69) is 12.2 Å². The van der Waals surface area contributed by atoms with E-state index in [0.717, 1.165) is 24.8 Å². The van der Waals surface area contributed by atoms with Crippen molar-refractivity contribution in [2.24, 2.45) is 29.4 Å². The highest BCUT2D eigenvalue weighted by molar-refractivity contribution is 5.86. The van der Waals surface area contributed by atoms with Crippen LogP contribution < -0.4 is 11.1 Å². The molecule has 0 aliphatic heterocycles. The Morgan fingerprint density at radius 1 is 1.18 bits per heavy atom. The van der Waals surface area contributed by atoms with Gasteiger partial charge in [0.25, 0.3) is 0 Å². The van der Waals surface area contributed by atoms with Gasteiger partial charge in [-0.3, -0.25) is 4.79 Å². The molecule has 0 aromatic carbocycles. The summed E-state index contributed by atoms with van der Waals surface area (Å²) >= 11 is 0. The van der Waals surface area contributed by atoms with E-state index < -0.39 is 0 Å². The quantitative estimate of drug-likeness (QED) is 0.780. The van der Waals surface area contributed by atoms with Crippen LogP contribution in [0.2, 0.25) is 0 Å². The van der Waals surface area contributed by atoms with Crippen molar-refractivity contribution in [2.75, 3.05) is 6.54 Å². The lowest BCUT2D eigenvalue weighted by molar-refractivity contribution is -0.143. The number of nitrogens with two attached hydrogens (primary N) is 1. The lowest BCUT2D eigenvalue weighted by Gasteiger charge is -2.60. The average Bonchev–Trinajstić information content (AvgIpc) is 2.27. The van der Waals surface area contributed by atoms with Crippen LogP contribution in [0.15, 0.2) is 0 Å². The SMILES string of the molecule is CCCNC1(C(N)=O)C2CC3CC(C2)CC1C3. The molecule has 3 heteroatoms. The second-order valence-electron chi connectivity index (χ2n) is 6.46. The Morgan fingerprint density at radius 2 is 1.71 bits per heavy atom. The first kappa shape index (κ1) is 11.5. The third kappa shape index (κ3) is 1.55. The zero-order valence-corrected chi connectivity index (χ0v) is 10.7. The molecule has 17 heavy (non-hydrogen) atoms.